The number of hydrogen-bond donors (Lipinski definition) is 1. The number of nitrogens with zero attached hydrogens (tertiary/aromatic N) is 1. The van der Waals surface area contributed by atoms with Gasteiger partial charge in [-0.05, 0) is 42.5 Å². The molecule has 2 aromatic rings. The van der Waals surface area contributed by atoms with Crippen molar-refractivity contribution >= 4 is 29.3 Å². The molecule has 8 heteroatoms. The lowest BCUT2D eigenvalue weighted by Crippen LogP contribution is -2.33. The molecule has 0 aromatic heterocycles. The van der Waals surface area contributed by atoms with Gasteiger partial charge in [-0.25, -0.2) is 9.18 Å². The first-order chi connectivity index (χ1) is 15.8. The number of anilines is 2. The lowest BCUT2D eigenvalue weighted by molar-refractivity contribution is -0.137. The van der Waals surface area contributed by atoms with Crippen LogP contribution < -0.4 is 10.2 Å². The third-order valence-corrected chi connectivity index (χ3v) is 5.15. The van der Waals surface area contributed by atoms with Crippen LogP contribution in [0.2, 0.25) is 0 Å². The van der Waals surface area contributed by atoms with Crippen LogP contribution in [-0.4, -0.2) is 11.8 Å². The Morgan fingerprint density at radius 2 is 1.91 bits per heavy atom. The zero-order valence-electron chi connectivity index (χ0n) is 17.0. The zero-order valence-corrected chi connectivity index (χ0v) is 17.0. The van der Waals surface area contributed by atoms with Crippen LogP contribution in [0.4, 0.5) is 28.9 Å². The van der Waals surface area contributed by atoms with Crippen LogP contribution in [0, 0.1) is 5.82 Å². The van der Waals surface area contributed by atoms with Crippen molar-refractivity contribution < 1.29 is 27.2 Å². The summed E-state index contributed by atoms with van der Waals surface area (Å²) in [5.74, 6) is -0.375. The van der Waals surface area contributed by atoms with E-state index in [1.807, 2.05) is 0 Å². The van der Waals surface area contributed by atoms with E-state index in [1.54, 1.807) is 60.7 Å². The highest BCUT2D eigenvalue weighted by molar-refractivity contribution is 6.11. The first-order valence-electron chi connectivity index (χ1n) is 9.86. The fraction of sp³-hybridized carbons (Fsp3) is 0.0800. The van der Waals surface area contributed by atoms with E-state index in [4.69, 9.17) is 0 Å². The average molecular weight is 452 g/mol. The topological polar surface area (TPSA) is 49.4 Å². The molecule has 0 fully saturated rings. The number of allylic oxidation sites excluding steroid dienone is 6. The highest BCUT2D eigenvalue weighted by Gasteiger charge is 2.34. The van der Waals surface area contributed by atoms with Crippen molar-refractivity contribution in [3.05, 3.63) is 107 Å². The summed E-state index contributed by atoms with van der Waals surface area (Å²) in [6.45, 7) is 0. The molecule has 0 radical (unpaired) electrons. The molecule has 33 heavy (non-hydrogen) atoms. The van der Waals surface area contributed by atoms with E-state index in [1.165, 1.54) is 6.08 Å². The quantitative estimate of drug-likeness (QED) is 0.456. The summed E-state index contributed by atoms with van der Waals surface area (Å²) in [7, 11) is 0. The van der Waals surface area contributed by atoms with Gasteiger partial charge in [-0.1, -0.05) is 30.4 Å². The summed E-state index contributed by atoms with van der Waals surface area (Å²) in [4.78, 5) is 26.3. The van der Waals surface area contributed by atoms with Crippen LogP contribution in [0.25, 0.3) is 6.08 Å². The molecule has 1 aliphatic carbocycles. The highest BCUT2D eigenvalue weighted by Crippen LogP contribution is 2.37. The Balaban J connectivity index is 1.95. The maximum absolute atomic E-state index is 14.7. The second kappa shape index (κ2) is 8.76. The SMILES string of the molecule is O=C=C1CC=CC=C1N(C(=O)c1cc(C(F)(F)F)ccc1F)c1cccc2c1C=CC=CN2. The Hall–Kier alpha value is -4.16. The summed E-state index contributed by atoms with van der Waals surface area (Å²) >= 11 is 0. The molecule has 0 unspecified atom stereocenters. The van der Waals surface area contributed by atoms with E-state index in [2.05, 4.69) is 5.32 Å². The number of halogens is 4. The molecule has 1 amide bonds. The van der Waals surface area contributed by atoms with Crippen molar-refractivity contribution in [2.24, 2.45) is 0 Å². The molecule has 2 aliphatic rings. The smallest absolute Gasteiger partial charge is 0.361 e. The predicted octanol–water partition coefficient (Wildman–Crippen LogP) is 6.05. The minimum absolute atomic E-state index is 0.105. The van der Waals surface area contributed by atoms with E-state index >= 15 is 0 Å². The van der Waals surface area contributed by atoms with Gasteiger partial charge in [0.1, 0.15) is 11.8 Å². The van der Waals surface area contributed by atoms with Gasteiger partial charge >= 0.3 is 6.18 Å². The van der Waals surface area contributed by atoms with E-state index in [-0.39, 0.29) is 23.4 Å². The molecule has 0 saturated carbocycles. The first kappa shape index (κ1) is 22.0. The molecule has 166 valence electrons. The number of hydrogen-bond acceptors (Lipinski definition) is 3. The average Bonchev–Trinajstić information content (AvgIpc) is 3.05. The molecule has 1 N–H and O–H groups in total. The highest BCUT2D eigenvalue weighted by atomic mass is 19.4. The molecule has 0 saturated heterocycles. The normalized spacial score (nSPS) is 14.7. The Bertz CT molecular complexity index is 1300. The van der Waals surface area contributed by atoms with Crippen molar-refractivity contribution in [1.29, 1.82) is 0 Å². The van der Waals surface area contributed by atoms with Gasteiger partial charge in [0.15, 0.2) is 0 Å². The van der Waals surface area contributed by atoms with Crippen molar-refractivity contribution in [3.63, 3.8) is 0 Å². The maximum Gasteiger partial charge on any atom is 0.416 e. The van der Waals surface area contributed by atoms with Crippen LogP contribution in [0.3, 0.4) is 0 Å². The lowest BCUT2D eigenvalue weighted by Gasteiger charge is -2.29. The Labute approximate surface area is 186 Å². The number of amides is 1. The number of rotatable bonds is 3. The monoisotopic (exact) mass is 452 g/mol. The Kier molecular flexibility index (Phi) is 5.85. The fourth-order valence-corrected chi connectivity index (χ4v) is 3.58. The van der Waals surface area contributed by atoms with Crippen LogP contribution in [0.1, 0.15) is 27.9 Å². The van der Waals surface area contributed by atoms with E-state index in [0.29, 0.717) is 29.4 Å². The van der Waals surface area contributed by atoms with E-state index in [0.717, 1.165) is 4.90 Å². The minimum Gasteiger partial charge on any atom is -0.361 e. The van der Waals surface area contributed by atoms with Gasteiger partial charge in [0.2, 0.25) is 0 Å². The van der Waals surface area contributed by atoms with Crippen LogP contribution in [0.5, 0.6) is 0 Å². The van der Waals surface area contributed by atoms with Crippen molar-refractivity contribution in [2.75, 3.05) is 10.2 Å². The summed E-state index contributed by atoms with van der Waals surface area (Å²) in [6, 6.07) is 6.62. The number of carbonyl (C=O) groups is 1. The Morgan fingerprint density at radius 1 is 1.09 bits per heavy atom. The van der Waals surface area contributed by atoms with Crippen molar-refractivity contribution in [3.8, 4) is 0 Å². The van der Waals surface area contributed by atoms with Gasteiger partial charge < -0.3 is 5.32 Å². The van der Waals surface area contributed by atoms with Crippen LogP contribution in [0.15, 0.2) is 84.2 Å². The van der Waals surface area contributed by atoms with Gasteiger partial charge in [-0.2, -0.15) is 13.2 Å². The van der Waals surface area contributed by atoms with Gasteiger partial charge in [-0.3, -0.25) is 9.69 Å². The van der Waals surface area contributed by atoms with E-state index < -0.39 is 29.0 Å². The fourth-order valence-electron chi connectivity index (χ4n) is 3.58. The molecular formula is C25H16F4N2O2. The number of carbonyl (C=O) groups excluding carboxylic acids is 2. The molecule has 0 spiro atoms. The summed E-state index contributed by atoms with van der Waals surface area (Å²) in [5.41, 5.74) is -0.309. The van der Waals surface area contributed by atoms with E-state index in [9.17, 15) is 27.2 Å². The molecule has 4 rings (SSSR count). The molecule has 1 aliphatic heterocycles. The minimum atomic E-state index is -4.77. The van der Waals surface area contributed by atoms with Gasteiger partial charge in [-0.15, -0.1) is 0 Å². The molecule has 1 heterocycles. The molecule has 4 nitrogen and oxygen atoms in total. The summed E-state index contributed by atoms with van der Waals surface area (Å²) in [6.07, 6.45) is 6.95. The molecule has 0 atom stereocenters. The van der Waals surface area contributed by atoms with Gasteiger partial charge in [0, 0.05) is 23.9 Å². The maximum atomic E-state index is 14.7. The Morgan fingerprint density at radius 3 is 2.67 bits per heavy atom. The molecular weight excluding hydrogens is 436 g/mol. The number of benzene rings is 2. The number of fused-ring (bicyclic) bond motifs is 1. The third kappa shape index (κ3) is 4.29. The second-order valence-corrected chi connectivity index (χ2v) is 7.20. The zero-order chi connectivity index (χ0) is 23.6. The largest absolute Gasteiger partial charge is 0.416 e. The van der Waals surface area contributed by atoms with Gasteiger partial charge in [0.05, 0.1) is 28.1 Å². The molecule has 0 bridgehead atoms. The van der Waals surface area contributed by atoms with Gasteiger partial charge in [0.25, 0.3) is 5.91 Å². The van der Waals surface area contributed by atoms with Crippen molar-refractivity contribution in [2.45, 2.75) is 12.6 Å². The number of nitrogens with one attached hydrogen (secondary N) is 1. The van der Waals surface area contributed by atoms with Crippen LogP contribution in [-0.2, 0) is 11.0 Å². The standard InChI is InChI=1S/C25H16F4N2O2/c26-20-12-11-17(25(27,28)29)14-19(20)24(33)31(22-9-2-1-6-16(22)15-32)23-10-5-8-21-18(23)7-3-4-13-30-21/h1-5,7-14,30H,6H2. The van der Waals surface area contributed by atoms with Crippen LogP contribution >= 0.6 is 0 Å². The van der Waals surface area contributed by atoms with Crippen molar-refractivity contribution in [1.82, 2.24) is 0 Å². The lowest BCUT2D eigenvalue weighted by atomic mass is 9.99. The third-order valence-electron chi connectivity index (χ3n) is 5.15. The first-order valence-corrected chi connectivity index (χ1v) is 9.86. The predicted molar refractivity (Wildman–Crippen MR) is 117 cm³/mol. The number of alkyl halides is 3. The summed E-state index contributed by atoms with van der Waals surface area (Å²) in [5, 5.41) is 3.05. The summed E-state index contributed by atoms with van der Waals surface area (Å²) < 4.78 is 54.5. The second-order valence-electron chi connectivity index (χ2n) is 7.20. The molecule has 2 aromatic carbocycles.